The van der Waals surface area contributed by atoms with Gasteiger partial charge in [0.15, 0.2) is 0 Å². The SMILES string of the molecule is CONC(=CCC(=O)Oc1cccnc1)c1ccc(Cl)c(Cl)c1. The molecule has 2 rings (SSSR count). The Morgan fingerprint density at radius 2 is 2.13 bits per heavy atom. The van der Waals surface area contributed by atoms with E-state index < -0.39 is 5.97 Å². The summed E-state index contributed by atoms with van der Waals surface area (Å²) in [6, 6.07) is 8.44. The number of hydrogen-bond acceptors (Lipinski definition) is 5. The molecule has 23 heavy (non-hydrogen) atoms. The number of pyridine rings is 1. The van der Waals surface area contributed by atoms with Crippen LogP contribution in [0.4, 0.5) is 0 Å². The Balaban J connectivity index is 2.09. The molecule has 0 saturated carbocycles. The third-order valence-electron chi connectivity index (χ3n) is 2.78. The Kier molecular flexibility index (Phi) is 6.40. The van der Waals surface area contributed by atoms with Crippen LogP contribution in [0.15, 0.2) is 48.8 Å². The lowest BCUT2D eigenvalue weighted by molar-refractivity contribution is -0.133. The maximum atomic E-state index is 11.9. The van der Waals surface area contributed by atoms with Crippen molar-refractivity contribution in [3.63, 3.8) is 0 Å². The molecule has 0 aliphatic carbocycles. The summed E-state index contributed by atoms with van der Waals surface area (Å²) in [5.41, 5.74) is 4.01. The van der Waals surface area contributed by atoms with Gasteiger partial charge in [-0.3, -0.25) is 20.1 Å². The normalized spacial score (nSPS) is 11.2. The number of halogens is 2. The van der Waals surface area contributed by atoms with Crippen molar-refractivity contribution < 1.29 is 14.4 Å². The minimum Gasteiger partial charge on any atom is -0.425 e. The van der Waals surface area contributed by atoms with Crippen molar-refractivity contribution in [3.05, 3.63) is 64.4 Å². The third kappa shape index (κ3) is 5.25. The highest BCUT2D eigenvalue weighted by Gasteiger charge is 2.08. The predicted octanol–water partition coefficient (Wildman–Crippen LogP) is 3.88. The highest BCUT2D eigenvalue weighted by molar-refractivity contribution is 6.42. The fourth-order valence-corrected chi connectivity index (χ4v) is 2.06. The van der Waals surface area contributed by atoms with Crippen molar-refractivity contribution in [2.24, 2.45) is 0 Å². The summed E-state index contributed by atoms with van der Waals surface area (Å²) in [7, 11) is 1.47. The lowest BCUT2D eigenvalue weighted by atomic mass is 10.1. The summed E-state index contributed by atoms with van der Waals surface area (Å²) >= 11 is 11.9. The Hall–Kier alpha value is -2.08. The Morgan fingerprint density at radius 1 is 1.30 bits per heavy atom. The van der Waals surface area contributed by atoms with Gasteiger partial charge in [0.2, 0.25) is 0 Å². The highest BCUT2D eigenvalue weighted by Crippen LogP contribution is 2.25. The second-order valence-electron chi connectivity index (χ2n) is 4.42. The van der Waals surface area contributed by atoms with Gasteiger partial charge in [0.05, 0.1) is 35.5 Å². The molecular weight excluding hydrogens is 339 g/mol. The summed E-state index contributed by atoms with van der Waals surface area (Å²) < 4.78 is 5.16. The van der Waals surface area contributed by atoms with Gasteiger partial charge in [-0.25, -0.2) is 0 Å². The van der Waals surface area contributed by atoms with E-state index in [9.17, 15) is 4.79 Å². The molecular formula is C16H14Cl2N2O3. The number of hydrogen-bond donors (Lipinski definition) is 1. The number of carbonyl (C=O) groups is 1. The quantitative estimate of drug-likeness (QED) is 0.631. The van der Waals surface area contributed by atoms with Crippen molar-refractivity contribution in [1.29, 1.82) is 0 Å². The van der Waals surface area contributed by atoms with Gasteiger partial charge in [0.25, 0.3) is 0 Å². The Labute approximate surface area is 143 Å². The number of aromatic nitrogens is 1. The first-order valence-electron chi connectivity index (χ1n) is 6.65. The van der Waals surface area contributed by atoms with E-state index in [1.807, 2.05) is 0 Å². The molecule has 1 aromatic carbocycles. The topological polar surface area (TPSA) is 60.5 Å². The van der Waals surface area contributed by atoms with Crippen LogP contribution in [0.5, 0.6) is 5.75 Å². The zero-order valence-electron chi connectivity index (χ0n) is 12.3. The van der Waals surface area contributed by atoms with E-state index in [0.717, 1.165) is 5.56 Å². The lowest BCUT2D eigenvalue weighted by Gasteiger charge is -2.10. The van der Waals surface area contributed by atoms with E-state index >= 15 is 0 Å². The molecule has 0 atom stereocenters. The molecule has 0 bridgehead atoms. The maximum Gasteiger partial charge on any atom is 0.315 e. The molecule has 0 spiro atoms. The molecule has 7 heteroatoms. The molecule has 0 aliphatic rings. The van der Waals surface area contributed by atoms with Crippen LogP contribution in [0.1, 0.15) is 12.0 Å². The second-order valence-corrected chi connectivity index (χ2v) is 5.23. The fraction of sp³-hybridized carbons (Fsp3) is 0.125. The van der Waals surface area contributed by atoms with Gasteiger partial charge >= 0.3 is 5.97 Å². The average molecular weight is 353 g/mol. The smallest absolute Gasteiger partial charge is 0.315 e. The van der Waals surface area contributed by atoms with E-state index in [4.69, 9.17) is 32.8 Å². The minimum absolute atomic E-state index is 0.0425. The highest BCUT2D eigenvalue weighted by atomic mass is 35.5. The molecule has 1 aromatic heterocycles. The second kappa shape index (κ2) is 8.53. The third-order valence-corrected chi connectivity index (χ3v) is 3.52. The molecule has 120 valence electrons. The molecule has 1 heterocycles. The van der Waals surface area contributed by atoms with E-state index in [1.165, 1.54) is 13.3 Å². The van der Waals surface area contributed by atoms with Crippen LogP contribution in [-0.4, -0.2) is 18.1 Å². The van der Waals surface area contributed by atoms with Crippen LogP contribution >= 0.6 is 23.2 Å². The van der Waals surface area contributed by atoms with Crippen molar-refractivity contribution in [2.45, 2.75) is 6.42 Å². The molecule has 0 radical (unpaired) electrons. The van der Waals surface area contributed by atoms with E-state index in [1.54, 1.807) is 42.6 Å². The average Bonchev–Trinajstić information content (AvgIpc) is 2.55. The van der Waals surface area contributed by atoms with Gasteiger partial charge in [-0.15, -0.1) is 0 Å². The first-order valence-corrected chi connectivity index (χ1v) is 7.41. The number of benzene rings is 1. The molecule has 0 saturated heterocycles. The van der Waals surface area contributed by atoms with E-state index in [2.05, 4.69) is 10.5 Å². The first kappa shape index (κ1) is 17.3. The first-order chi connectivity index (χ1) is 11.1. The van der Waals surface area contributed by atoms with Gasteiger partial charge in [-0.1, -0.05) is 29.3 Å². The maximum absolute atomic E-state index is 11.9. The molecule has 0 amide bonds. The Morgan fingerprint density at radius 3 is 2.78 bits per heavy atom. The molecule has 0 unspecified atom stereocenters. The monoisotopic (exact) mass is 352 g/mol. The summed E-state index contributed by atoms with van der Waals surface area (Å²) in [6.07, 6.45) is 4.75. The largest absolute Gasteiger partial charge is 0.425 e. The van der Waals surface area contributed by atoms with E-state index in [-0.39, 0.29) is 6.42 Å². The number of nitrogens with zero attached hydrogens (tertiary/aromatic N) is 1. The lowest BCUT2D eigenvalue weighted by Crippen LogP contribution is -2.12. The van der Waals surface area contributed by atoms with Crippen molar-refractivity contribution in [2.75, 3.05) is 7.11 Å². The van der Waals surface area contributed by atoms with Crippen LogP contribution in [0, 0.1) is 0 Å². The molecule has 0 fully saturated rings. The number of hydroxylamine groups is 1. The Bertz CT molecular complexity index is 706. The van der Waals surface area contributed by atoms with Crippen molar-refractivity contribution >= 4 is 34.9 Å². The van der Waals surface area contributed by atoms with Gasteiger partial charge in [0.1, 0.15) is 5.75 Å². The van der Waals surface area contributed by atoms with Crippen LogP contribution < -0.4 is 10.2 Å². The standard InChI is InChI=1S/C16H14Cl2N2O3/c1-22-20-15(11-4-5-13(17)14(18)9-11)6-7-16(21)23-12-3-2-8-19-10-12/h2-6,8-10,20H,7H2,1H3. The summed E-state index contributed by atoms with van der Waals surface area (Å²) in [4.78, 5) is 20.7. The summed E-state index contributed by atoms with van der Waals surface area (Å²) in [6.45, 7) is 0. The van der Waals surface area contributed by atoms with Gasteiger partial charge in [0, 0.05) is 11.8 Å². The predicted molar refractivity (Wildman–Crippen MR) is 89.1 cm³/mol. The van der Waals surface area contributed by atoms with Crippen molar-refractivity contribution in [1.82, 2.24) is 10.5 Å². The van der Waals surface area contributed by atoms with E-state index in [0.29, 0.717) is 21.5 Å². The molecule has 5 nitrogen and oxygen atoms in total. The van der Waals surface area contributed by atoms with Gasteiger partial charge in [-0.2, -0.15) is 0 Å². The van der Waals surface area contributed by atoms with Crippen molar-refractivity contribution in [3.8, 4) is 5.75 Å². The number of esters is 1. The van der Waals surface area contributed by atoms with Gasteiger partial charge < -0.3 is 4.74 Å². The van der Waals surface area contributed by atoms with Gasteiger partial charge in [-0.05, 0) is 30.3 Å². The molecule has 0 aliphatic heterocycles. The molecule has 1 N–H and O–H groups in total. The summed E-state index contributed by atoms with van der Waals surface area (Å²) in [5.74, 6) is -0.0323. The number of rotatable bonds is 6. The number of ether oxygens (including phenoxy) is 1. The zero-order chi connectivity index (χ0) is 16.7. The summed E-state index contributed by atoms with van der Waals surface area (Å²) in [5, 5.41) is 0.856. The minimum atomic E-state index is -0.423. The van der Waals surface area contributed by atoms with Crippen LogP contribution in [0.2, 0.25) is 10.0 Å². The fourth-order valence-electron chi connectivity index (χ4n) is 1.76. The van der Waals surface area contributed by atoms with Crippen LogP contribution in [0.25, 0.3) is 5.70 Å². The van der Waals surface area contributed by atoms with Crippen LogP contribution in [0.3, 0.4) is 0 Å². The van der Waals surface area contributed by atoms with Crippen LogP contribution in [-0.2, 0) is 9.63 Å². The molecule has 2 aromatic rings. The number of carbonyl (C=O) groups excluding carboxylic acids is 1. The zero-order valence-corrected chi connectivity index (χ0v) is 13.8. The number of nitrogens with one attached hydrogen (secondary N) is 1.